The number of aliphatic carboxylic acids is 2. The first kappa shape index (κ1) is 36.5. The lowest BCUT2D eigenvalue weighted by Crippen LogP contribution is -2.52. The quantitative estimate of drug-likeness (QED) is 0.0871. The Balaban J connectivity index is 0.000000251. The average Bonchev–Trinajstić information content (AvgIpc) is 3.30. The number of nitrogens with zero attached hydrogens (tertiary/aromatic N) is 4. The van der Waals surface area contributed by atoms with Crippen molar-refractivity contribution in [1.29, 1.82) is 0 Å². The highest BCUT2D eigenvalue weighted by Gasteiger charge is 2.51. The van der Waals surface area contributed by atoms with Gasteiger partial charge < -0.3 is 20.0 Å². The highest BCUT2D eigenvalue weighted by molar-refractivity contribution is 7.81. The molecule has 26 heteroatoms. The fraction of sp³-hybridized carbons (Fsp3) is 0.700. The SMILES string of the molecule is CC(C)(ONC(=O)[C@@H]1CC[C@@H]2CN1C(=O)N2OS(=O)(=O)O)C(=O)O.O=C(O)CONC(=O)[C@@H]1CC[C@@H]2CN1C(=O)N2OS(=O)(=O)O. The molecule has 0 aliphatic carbocycles. The molecule has 0 spiro atoms. The number of carboxylic acid groups (broad SMARTS) is 2. The molecule has 6 amide bonds. The minimum atomic E-state index is -4.87. The Bertz CT molecular complexity index is 1470. The Morgan fingerprint density at radius 1 is 0.783 bits per heavy atom. The molecule has 4 rings (SSSR count). The zero-order valence-electron chi connectivity index (χ0n) is 23.9. The standard InChI is InChI=1S/C11H17N3O9S.C9H13N3O9S/c1-11(2,9(16)17)22-12-8(15)7-4-3-6-5-13(7)10(18)14(6)23-24(19,20)21;13-7(14)4-20-10-8(15)6-2-1-5-3-11(6)9(16)12(5)21-22(17,18)19/h6-7H,3-5H2,1-2H3,(H,12,15)(H,16,17)(H,19,20,21);5-6H,1-4H2,(H,10,15)(H,13,14)(H,17,18,19)/t6-,7+;5-,6+/m11/s1. The summed E-state index contributed by atoms with van der Waals surface area (Å²) in [5.41, 5.74) is 2.24. The van der Waals surface area contributed by atoms with Gasteiger partial charge in [-0.3, -0.25) is 28.4 Å². The number of carbonyl (C=O) groups excluding carboxylic acids is 4. The van der Waals surface area contributed by atoms with Crippen LogP contribution in [0.15, 0.2) is 0 Å². The van der Waals surface area contributed by atoms with Crippen LogP contribution in [0, 0.1) is 0 Å². The van der Waals surface area contributed by atoms with E-state index in [-0.39, 0.29) is 38.8 Å². The maximum atomic E-state index is 12.1. The van der Waals surface area contributed by atoms with E-state index in [9.17, 15) is 45.6 Å². The second-order valence-electron chi connectivity index (χ2n) is 10.6. The van der Waals surface area contributed by atoms with Crippen LogP contribution in [0.3, 0.4) is 0 Å². The summed E-state index contributed by atoms with van der Waals surface area (Å²) in [6.07, 6.45) is 0.890. The Labute approximate surface area is 259 Å². The van der Waals surface area contributed by atoms with Crippen molar-refractivity contribution in [2.24, 2.45) is 0 Å². The number of nitrogens with one attached hydrogen (secondary N) is 2. The number of carbonyl (C=O) groups is 6. The molecule has 4 aliphatic heterocycles. The van der Waals surface area contributed by atoms with Crippen LogP contribution in [0.2, 0.25) is 0 Å². The number of rotatable bonds is 12. The summed E-state index contributed by atoms with van der Waals surface area (Å²) in [5, 5.41) is 18.3. The number of hydrogen-bond acceptors (Lipinski definition) is 14. The minimum absolute atomic E-state index is 0.0226. The molecular weight excluding hydrogens is 676 g/mol. The van der Waals surface area contributed by atoms with Crippen LogP contribution in [0.4, 0.5) is 9.59 Å². The summed E-state index contributed by atoms with van der Waals surface area (Å²) in [4.78, 5) is 80.7. The topological polar surface area (TPSA) is 326 Å². The van der Waals surface area contributed by atoms with Crippen molar-refractivity contribution in [3.05, 3.63) is 0 Å². The van der Waals surface area contributed by atoms with Gasteiger partial charge >= 0.3 is 44.8 Å². The van der Waals surface area contributed by atoms with Gasteiger partial charge in [-0.1, -0.05) is 0 Å². The van der Waals surface area contributed by atoms with E-state index in [2.05, 4.69) is 13.4 Å². The van der Waals surface area contributed by atoms with Crippen LogP contribution in [-0.2, 0) is 58.2 Å². The van der Waals surface area contributed by atoms with Gasteiger partial charge in [-0.05, 0) is 39.5 Å². The third-order valence-corrected chi connectivity index (χ3v) is 7.59. The predicted octanol–water partition coefficient (Wildman–Crippen LogP) is -2.98. The van der Waals surface area contributed by atoms with Crippen LogP contribution in [0.5, 0.6) is 0 Å². The lowest BCUT2D eigenvalue weighted by molar-refractivity contribution is -0.176. The summed E-state index contributed by atoms with van der Waals surface area (Å²) in [6.45, 7) is 1.78. The zero-order valence-corrected chi connectivity index (χ0v) is 25.5. The molecule has 0 saturated carbocycles. The highest BCUT2D eigenvalue weighted by atomic mass is 32.3. The molecule has 6 N–H and O–H groups in total. The number of piperidine rings is 2. The van der Waals surface area contributed by atoms with Gasteiger partial charge in [0.2, 0.25) is 0 Å². The molecule has 24 nitrogen and oxygen atoms in total. The Kier molecular flexibility index (Phi) is 11.0. The zero-order chi connectivity index (χ0) is 34.8. The third kappa shape index (κ3) is 9.09. The smallest absolute Gasteiger partial charge is 0.418 e. The Morgan fingerprint density at radius 3 is 1.57 bits per heavy atom. The van der Waals surface area contributed by atoms with Crippen LogP contribution < -0.4 is 11.0 Å². The Hall–Kier alpha value is -3.92. The van der Waals surface area contributed by atoms with Crippen molar-refractivity contribution >= 4 is 56.6 Å². The van der Waals surface area contributed by atoms with Crippen molar-refractivity contribution in [2.45, 2.75) is 69.3 Å². The molecule has 0 aromatic heterocycles. The molecular formula is C20H30N6O18S2. The molecule has 260 valence electrons. The summed E-state index contributed by atoms with van der Waals surface area (Å²) in [7, 11) is -9.72. The van der Waals surface area contributed by atoms with Gasteiger partial charge in [0.05, 0.1) is 12.1 Å². The second-order valence-corrected chi connectivity index (χ2v) is 12.6. The van der Waals surface area contributed by atoms with E-state index >= 15 is 0 Å². The van der Waals surface area contributed by atoms with Crippen LogP contribution in [0.25, 0.3) is 0 Å². The van der Waals surface area contributed by atoms with Crippen molar-refractivity contribution < 1.29 is 83.2 Å². The molecule has 4 aliphatic rings. The summed E-state index contributed by atoms with van der Waals surface area (Å²) >= 11 is 0. The summed E-state index contributed by atoms with van der Waals surface area (Å²) in [5.74, 6) is -4.06. The second kappa shape index (κ2) is 13.8. The highest BCUT2D eigenvalue weighted by Crippen LogP contribution is 2.32. The molecule has 4 bridgehead atoms. The third-order valence-electron chi connectivity index (χ3n) is 6.89. The number of fused-ring (bicyclic) bond motifs is 4. The molecule has 4 fully saturated rings. The molecule has 46 heavy (non-hydrogen) atoms. The number of hydroxylamine groups is 6. The van der Waals surface area contributed by atoms with Crippen LogP contribution in [0.1, 0.15) is 39.5 Å². The normalized spacial score (nSPS) is 24.3. The fourth-order valence-electron chi connectivity index (χ4n) is 4.73. The lowest BCUT2D eigenvalue weighted by Gasteiger charge is -2.30. The monoisotopic (exact) mass is 706 g/mol. The van der Waals surface area contributed by atoms with Crippen molar-refractivity contribution in [3.63, 3.8) is 0 Å². The first-order chi connectivity index (χ1) is 21.1. The lowest BCUT2D eigenvalue weighted by atomic mass is 10.0. The molecule has 0 radical (unpaired) electrons. The molecule has 4 heterocycles. The van der Waals surface area contributed by atoms with Gasteiger partial charge in [0.15, 0.2) is 12.2 Å². The van der Waals surface area contributed by atoms with Gasteiger partial charge in [0, 0.05) is 13.1 Å². The van der Waals surface area contributed by atoms with E-state index < -0.39 is 93.0 Å². The predicted molar refractivity (Wildman–Crippen MR) is 139 cm³/mol. The first-order valence-corrected chi connectivity index (χ1v) is 15.7. The summed E-state index contributed by atoms with van der Waals surface area (Å²) < 4.78 is 68.7. The Morgan fingerprint density at radius 2 is 1.20 bits per heavy atom. The molecule has 0 aromatic rings. The van der Waals surface area contributed by atoms with E-state index in [1.54, 1.807) is 0 Å². The van der Waals surface area contributed by atoms with E-state index in [1.807, 2.05) is 11.0 Å². The summed E-state index contributed by atoms with van der Waals surface area (Å²) in [6, 6.07) is -4.95. The fourth-order valence-corrected chi connectivity index (χ4v) is 5.51. The van der Waals surface area contributed by atoms with Crippen molar-refractivity contribution in [2.75, 3.05) is 19.7 Å². The van der Waals surface area contributed by atoms with Gasteiger partial charge in [0.25, 0.3) is 11.8 Å². The number of urea groups is 2. The largest absolute Gasteiger partial charge is 0.479 e. The average molecular weight is 707 g/mol. The maximum Gasteiger partial charge on any atom is 0.418 e. The van der Waals surface area contributed by atoms with Gasteiger partial charge in [0.1, 0.15) is 12.1 Å². The van der Waals surface area contributed by atoms with Gasteiger partial charge in [-0.25, -0.2) is 30.1 Å². The van der Waals surface area contributed by atoms with Crippen LogP contribution >= 0.6 is 0 Å². The number of hydrogen-bond donors (Lipinski definition) is 6. The maximum absolute atomic E-state index is 12.1. The van der Waals surface area contributed by atoms with Gasteiger partial charge in [-0.15, -0.1) is 8.57 Å². The molecule has 4 saturated heterocycles. The molecule has 0 unspecified atom stereocenters. The molecule has 4 atom stereocenters. The first-order valence-electron chi connectivity index (χ1n) is 13.0. The van der Waals surface area contributed by atoms with E-state index in [1.165, 1.54) is 13.8 Å². The number of carboxylic acids is 2. The molecule has 0 aromatic carbocycles. The minimum Gasteiger partial charge on any atom is -0.479 e. The van der Waals surface area contributed by atoms with Crippen molar-refractivity contribution in [3.8, 4) is 0 Å². The van der Waals surface area contributed by atoms with E-state index in [0.29, 0.717) is 10.1 Å². The number of amides is 6. The van der Waals surface area contributed by atoms with Crippen LogP contribution in [-0.4, -0.2) is 141 Å². The van der Waals surface area contributed by atoms with E-state index in [4.69, 9.17) is 24.2 Å². The van der Waals surface area contributed by atoms with E-state index in [0.717, 1.165) is 9.80 Å². The van der Waals surface area contributed by atoms with Crippen molar-refractivity contribution in [1.82, 2.24) is 30.9 Å². The van der Waals surface area contributed by atoms with Gasteiger partial charge in [-0.2, -0.15) is 27.0 Å².